The highest BCUT2D eigenvalue weighted by atomic mass is 16.2. The van der Waals surface area contributed by atoms with Gasteiger partial charge in [0.05, 0.1) is 11.1 Å². The second kappa shape index (κ2) is 5.00. The van der Waals surface area contributed by atoms with E-state index < -0.39 is 0 Å². The number of fused-ring (bicyclic) bond motifs is 1. The van der Waals surface area contributed by atoms with E-state index in [-0.39, 0.29) is 18.4 Å². The number of amides is 2. The van der Waals surface area contributed by atoms with E-state index in [2.05, 4.69) is 4.98 Å². The zero-order valence-electron chi connectivity index (χ0n) is 11.4. The van der Waals surface area contributed by atoms with Crippen LogP contribution in [0, 0.1) is 0 Å². The van der Waals surface area contributed by atoms with E-state index in [1.807, 2.05) is 24.4 Å². The summed E-state index contributed by atoms with van der Waals surface area (Å²) in [6.07, 6.45) is 2.64. The third kappa shape index (κ3) is 2.15. The Balaban J connectivity index is 1.92. The number of hydrogen-bond acceptors (Lipinski definition) is 2. The molecule has 104 valence electrons. The number of nitrogens with zero attached hydrogens (tertiary/aromatic N) is 2. The summed E-state index contributed by atoms with van der Waals surface area (Å²) in [6.45, 7) is 1.48. The molecule has 0 aliphatic carbocycles. The van der Waals surface area contributed by atoms with Crippen LogP contribution in [0.1, 0.15) is 16.8 Å². The molecule has 1 N–H and O–H groups in total. The second-order valence-electron chi connectivity index (χ2n) is 5.14. The molecule has 5 heteroatoms. The van der Waals surface area contributed by atoms with Crippen LogP contribution >= 0.6 is 0 Å². The van der Waals surface area contributed by atoms with E-state index in [0.29, 0.717) is 18.7 Å². The van der Waals surface area contributed by atoms with Crippen molar-refractivity contribution in [2.75, 3.05) is 26.7 Å². The summed E-state index contributed by atoms with van der Waals surface area (Å²) in [5.41, 5.74) is 1.47. The standard InChI is InChI=1S/C15H17N3O2/c1-17-8-3-9-18(10-13(17)19)15(20)12-5-2-4-11-6-7-16-14(11)12/h2,4-7,16H,3,8-10H2,1H3. The second-order valence-corrected chi connectivity index (χ2v) is 5.14. The lowest BCUT2D eigenvalue weighted by atomic mass is 10.1. The molecular weight excluding hydrogens is 254 g/mol. The minimum Gasteiger partial charge on any atom is -0.361 e. The van der Waals surface area contributed by atoms with Crippen molar-refractivity contribution in [3.8, 4) is 0 Å². The van der Waals surface area contributed by atoms with Crippen molar-refractivity contribution < 1.29 is 9.59 Å². The fourth-order valence-electron chi connectivity index (χ4n) is 2.59. The number of aromatic nitrogens is 1. The summed E-state index contributed by atoms with van der Waals surface area (Å²) < 4.78 is 0. The lowest BCUT2D eigenvalue weighted by Gasteiger charge is -2.20. The van der Waals surface area contributed by atoms with Crippen LogP contribution in [-0.4, -0.2) is 53.3 Å². The largest absolute Gasteiger partial charge is 0.361 e. The van der Waals surface area contributed by atoms with Gasteiger partial charge in [-0.25, -0.2) is 0 Å². The third-order valence-corrected chi connectivity index (χ3v) is 3.78. The molecule has 1 saturated heterocycles. The fraction of sp³-hybridized carbons (Fsp3) is 0.333. The Kier molecular flexibility index (Phi) is 3.18. The highest BCUT2D eigenvalue weighted by Gasteiger charge is 2.24. The number of benzene rings is 1. The molecule has 1 aliphatic rings. The first-order valence-corrected chi connectivity index (χ1v) is 6.76. The van der Waals surface area contributed by atoms with E-state index in [9.17, 15) is 9.59 Å². The zero-order valence-corrected chi connectivity index (χ0v) is 11.4. The van der Waals surface area contributed by atoms with Gasteiger partial charge in [-0.2, -0.15) is 0 Å². The summed E-state index contributed by atoms with van der Waals surface area (Å²) in [4.78, 5) is 31.0. The molecule has 2 amide bonds. The van der Waals surface area contributed by atoms with Gasteiger partial charge in [-0.05, 0) is 18.6 Å². The van der Waals surface area contributed by atoms with Gasteiger partial charge in [-0.15, -0.1) is 0 Å². The number of hydrogen-bond donors (Lipinski definition) is 1. The van der Waals surface area contributed by atoms with E-state index in [0.717, 1.165) is 17.3 Å². The summed E-state index contributed by atoms with van der Waals surface area (Å²) in [5.74, 6) is -0.0868. The van der Waals surface area contributed by atoms with Crippen LogP contribution in [0.3, 0.4) is 0 Å². The van der Waals surface area contributed by atoms with Crippen LogP contribution in [0.5, 0.6) is 0 Å². The molecule has 0 bridgehead atoms. The summed E-state index contributed by atoms with van der Waals surface area (Å²) >= 11 is 0. The molecule has 20 heavy (non-hydrogen) atoms. The molecule has 0 spiro atoms. The highest BCUT2D eigenvalue weighted by Crippen LogP contribution is 2.19. The van der Waals surface area contributed by atoms with E-state index in [1.165, 1.54) is 0 Å². The van der Waals surface area contributed by atoms with Gasteiger partial charge in [0.1, 0.15) is 6.54 Å². The highest BCUT2D eigenvalue weighted by molar-refractivity contribution is 6.06. The molecule has 1 aliphatic heterocycles. The van der Waals surface area contributed by atoms with Crippen molar-refractivity contribution in [1.29, 1.82) is 0 Å². The van der Waals surface area contributed by atoms with Crippen molar-refractivity contribution >= 4 is 22.7 Å². The Morgan fingerprint density at radius 3 is 2.95 bits per heavy atom. The number of aromatic amines is 1. The molecule has 0 radical (unpaired) electrons. The minimum absolute atomic E-state index is 0.00508. The predicted molar refractivity (Wildman–Crippen MR) is 76.5 cm³/mol. The summed E-state index contributed by atoms with van der Waals surface area (Å²) in [5, 5.41) is 1.01. The first-order chi connectivity index (χ1) is 9.66. The van der Waals surface area contributed by atoms with Crippen LogP contribution in [-0.2, 0) is 4.79 Å². The lowest BCUT2D eigenvalue weighted by Crippen LogP contribution is -2.38. The Morgan fingerprint density at radius 2 is 2.10 bits per heavy atom. The maximum Gasteiger partial charge on any atom is 0.256 e. The van der Waals surface area contributed by atoms with E-state index in [4.69, 9.17) is 0 Å². The fourth-order valence-corrected chi connectivity index (χ4v) is 2.59. The first kappa shape index (κ1) is 12.7. The smallest absolute Gasteiger partial charge is 0.256 e. The normalized spacial score (nSPS) is 16.6. The molecular formula is C15H17N3O2. The molecule has 2 aromatic rings. The van der Waals surface area contributed by atoms with Crippen molar-refractivity contribution in [3.63, 3.8) is 0 Å². The summed E-state index contributed by atoms with van der Waals surface area (Å²) in [7, 11) is 1.78. The molecule has 5 nitrogen and oxygen atoms in total. The van der Waals surface area contributed by atoms with Crippen molar-refractivity contribution in [1.82, 2.24) is 14.8 Å². The van der Waals surface area contributed by atoms with Crippen LogP contribution in [0.2, 0.25) is 0 Å². The third-order valence-electron chi connectivity index (χ3n) is 3.78. The molecule has 1 fully saturated rings. The Hall–Kier alpha value is -2.30. The molecule has 1 aromatic heterocycles. The maximum absolute atomic E-state index is 12.7. The van der Waals surface area contributed by atoms with Gasteiger partial charge >= 0.3 is 0 Å². The average Bonchev–Trinajstić information content (AvgIpc) is 2.86. The number of rotatable bonds is 1. The summed E-state index contributed by atoms with van der Waals surface area (Å²) in [6, 6.07) is 7.58. The quantitative estimate of drug-likeness (QED) is 0.854. The lowest BCUT2D eigenvalue weighted by molar-refractivity contribution is -0.129. The maximum atomic E-state index is 12.7. The van der Waals surface area contributed by atoms with Gasteiger partial charge in [0, 0.05) is 31.7 Å². The van der Waals surface area contributed by atoms with E-state index >= 15 is 0 Å². The van der Waals surface area contributed by atoms with Gasteiger partial charge in [0.15, 0.2) is 0 Å². The van der Waals surface area contributed by atoms with Crippen LogP contribution in [0.15, 0.2) is 30.5 Å². The van der Waals surface area contributed by atoms with Gasteiger partial charge in [-0.3, -0.25) is 9.59 Å². The van der Waals surface area contributed by atoms with Crippen molar-refractivity contribution in [2.24, 2.45) is 0 Å². The number of para-hydroxylation sites is 1. The molecule has 0 unspecified atom stereocenters. The van der Waals surface area contributed by atoms with Crippen LogP contribution < -0.4 is 0 Å². The molecule has 0 atom stereocenters. The molecule has 0 saturated carbocycles. The Bertz CT molecular complexity index is 662. The van der Waals surface area contributed by atoms with Crippen molar-refractivity contribution in [2.45, 2.75) is 6.42 Å². The molecule has 2 heterocycles. The van der Waals surface area contributed by atoms with Crippen LogP contribution in [0.25, 0.3) is 10.9 Å². The number of likely N-dealkylation sites (N-methyl/N-ethyl adjacent to an activating group) is 1. The van der Waals surface area contributed by atoms with Gasteiger partial charge in [0.25, 0.3) is 5.91 Å². The van der Waals surface area contributed by atoms with Crippen molar-refractivity contribution in [3.05, 3.63) is 36.0 Å². The van der Waals surface area contributed by atoms with E-state index in [1.54, 1.807) is 22.9 Å². The Labute approximate surface area is 117 Å². The van der Waals surface area contributed by atoms with Gasteiger partial charge < -0.3 is 14.8 Å². The molecule has 1 aromatic carbocycles. The predicted octanol–water partition coefficient (Wildman–Crippen LogP) is 1.47. The minimum atomic E-state index is -0.0818. The number of H-pyrrole nitrogens is 1. The van der Waals surface area contributed by atoms with Crippen LogP contribution in [0.4, 0.5) is 0 Å². The molecule has 3 rings (SSSR count). The number of carbonyl (C=O) groups is 2. The number of carbonyl (C=O) groups excluding carboxylic acids is 2. The average molecular weight is 271 g/mol. The first-order valence-electron chi connectivity index (χ1n) is 6.76. The SMILES string of the molecule is CN1CCCN(C(=O)c2cccc3cc[nH]c23)CC1=O. The number of nitrogens with one attached hydrogen (secondary N) is 1. The van der Waals surface area contributed by atoms with Gasteiger partial charge in [-0.1, -0.05) is 12.1 Å². The topological polar surface area (TPSA) is 56.4 Å². The monoisotopic (exact) mass is 271 g/mol. The van der Waals surface area contributed by atoms with Gasteiger partial charge in [0.2, 0.25) is 5.91 Å². The Morgan fingerprint density at radius 1 is 1.25 bits per heavy atom. The zero-order chi connectivity index (χ0) is 14.1.